The van der Waals surface area contributed by atoms with Gasteiger partial charge in [0.05, 0.1) is 5.69 Å². The van der Waals surface area contributed by atoms with Crippen molar-refractivity contribution >= 4 is 32.2 Å². The normalized spacial score (nSPS) is 12.9. The highest BCUT2D eigenvalue weighted by Crippen LogP contribution is 2.25. The van der Waals surface area contributed by atoms with E-state index < -0.39 is 21.0 Å². The van der Waals surface area contributed by atoms with Gasteiger partial charge in [-0.05, 0) is 31.5 Å². The molecule has 0 aliphatic heterocycles. The highest BCUT2D eigenvalue weighted by Gasteiger charge is 2.24. The van der Waals surface area contributed by atoms with Gasteiger partial charge in [0.2, 0.25) is 5.91 Å². The molecular formula is C15H17FN2O3S2. The summed E-state index contributed by atoms with van der Waals surface area (Å²) in [6, 6.07) is 6.17. The van der Waals surface area contributed by atoms with Crippen LogP contribution in [0.15, 0.2) is 24.3 Å². The van der Waals surface area contributed by atoms with Gasteiger partial charge in [0.25, 0.3) is 0 Å². The third-order valence-corrected chi connectivity index (χ3v) is 5.98. The van der Waals surface area contributed by atoms with Crippen LogP contribution in [0.1, 0.15) is 23.1 Å². The molecular weight excluding hydrogens is 339 g/mol. The van der Waals surface area contributed by atoms with Crippen molar-refractivity contribution in [2.24, 2.45) is 0 Å². The maximum Gasteiger partial charge on any atom is 0.244 e. The average Bonchev–Trinajstić information content (AvgIpc) is 2.79. The van der Waals surface area contributed by atoms with E-state index in [-0.39, 0.29) is 5.82 Å². The summed E-state index contributed by atoms with van der Waals surface area (Å²) >= 11 is 1.28. The Hall–Kier alpha value is -1.80. The van der Waals surface area contributed by atoms with Crippen LogP contribution in [0.4, 0.5) is 9.52 Å². The Bertz CT molecular complexity index is 814. The third kappa shape index (κ3) is 4.59. The first kappa shape index (κ1) is 17.6. The molecule has 23 heavy (non-hydrogen) atoms. The van der Waals surface area contributed by atoms with Gasteiger partial charge >= 0.3 is 0 Å². The quantitative estimate of drug-likeness (QED) is 0.893. The molecule has 5 nitrogen and oxygen atoms in total. The lowest BCUT2D eigenvalue weighted by Gasteiger charge is -2.07. The lowest BCUT2D eigenvalue weighted by Crippen LogP contribution is -2.31. The Morgan fingerprint density at radius 2 is 1.96 bits per heavy atom. The van der Waals surface area contributed by atoms with Gasteiger partial charge in [-0.15, -0.1) is 11.3 Å². The van der Waals surface area contributed by atoms with Gasteiger partial charge in [-0.25, -0.2) is 17.8 Å². The molecule has 0 spiro atoms. The fraction of sp³-hybridized carbons (Fsp3) is 0.333. The van der Waals surface area contributed by atoms with Crippen LogP contribution >= 0.6 is 11.3 Å². The van der Waals surface area contributed by atoms with Crippen molar-refractivity contribution in [3.63, 3.8) is 0 Å². The molecule has 124 valence electrons. The lowest BCUT2D eigenvalue weighted by atomic mass is 10.1. The second-order valence-corrected chi connectivity index (χ2v) is 8.74. The number of aryl methyl sites for hydroxylation is 1. The Balaban J connectivity index is 2.12. The van der Waals surface area contributed by atoms with Crippen LogP contribution in [0.5, 0.6) is 0 Å². The summed E-state index contributed by atoms with van der Waals surface area (Å²) in [5.74, 6) is -0.896. The SMILES string of the molecule is Cc1nc(NC(=O)[C@H](C)S(C)(=O)=O)sc1Cc1ccc(F)cc1. The molecule has 0 aliphatic rings. The van der Waals surface area contributed by atoms with E-state index in [9.17, 15) is 17.6 Å². The number of halogens is 1. The molecule has 8 heteroatoms. The minimum absolute atomic E-state index is 0.294. The van der Waals surface area contributed by atoms with E-state index in [4.69, 9.17) is 0 Å². The molecule has 0 unspecified atom stereocenters. The highest BCUT2D eigenvalue weighted by molar-refractivity contribution is 7.92. The number of carbonyl (C=O) groups is 1. The molecule has 0 aliphatic carbocycles. The summed E-state index contributed by atoms with van der Waals surface area (Å²) in [7, 11) is -3.45. The predicted molar refractivity (Wildman–Crippen MR) is 89.0 cm³/mol. The van der Waals surface area contributed by atoms with Crippen LogP contribution in [0.25, 0.3) is 0 Å². The van der Waals surface area contributed by atoms with E-state index in [1.165, 1.54) is 30.4 Å². The minimum Gasteiger partial charge on any atom is -0.301 e. The molecule has 0 bridgehead atoms. The molecule has 2 aromatic rings. The number of sulfone groups is 1. The monoisotopic (exact) mass is 356 g/mol. The van der Waals surface area contributed by atoms with Crippen LogP contribution in [-0.4, -0.2) is 30.8 Å². The van der Waals surface area contributed by atoms with Crippen LogP contribution in [-0.2, 0) is 21.1 Å². The van der Waals surface area contributed by atoms with E-state index in [2.05, 4.69) is 10.3 Å². The number of benzene rings is 1. The van der Waals surface area contributed by atoms with Gasteiger partial charge < -0.3 is 5.32 Å². The van der Waals surface area contributed by atoms with Crippen molar-refractivity contribution in [3.8, 4) is 0 Å². The third-order valence-electron chi connectivity index (χ3n) is 3.41. The first-order chi connectivity index (χ1) is 10.7. The van der Waals surface area contributed by atoms with Crippen LogP contribution in [0.3, 0.4) is 0 Å². The van der Waals surface area contributed by atoms with Crippen molar-refractivity contribution in [3.05, 3.63) is 46.2 Å². The fourth-order valence-corrected chi connectivity index (χ4v) is 3.28. The Morgan fingerprint density at radius 3 is 2.52 bits per heavy atom. The van der Waals surface area contributed by atoms with E-state index in [0.717, 1.165) is 22.4 Å². The van der Waals surface area contributed by atoms with E-state index in [0.29, 0.717) is 11.6 Å². The largest absolute Gasteiger partial charge is 0.301 e. The maximum absolute atomic E-state index is 12.9. The number of aromatic nitrogens is 1. The van der Waals surface area contributed by atoms with Crippen LogP contribution < -0.4 is 5.32 Å². The van der Waals surface area contributed by atoms with Gasteiger partial charge in [0, 0.05) is 17.6 Å². The summed E-state index contributed by atoms with van der Waals surface area (Å²) in [6.07, 6.45) is 1.59. The fourth-order valence-electron chi connectivity index (χ4n) is 1.83. The number of rotatable bonds is 5. The number of anilines is 1. The molecule has 0 saturated heterocycles. The number of carbonyl (C=O) groups excluding carboxylic acids is 1. The second-order valence-electron chi connectivity index (χ2n) is 5.29. The molecule has 1 N–H and O–H groups in total. The number of amides is 1. The predicted octanol–water partition coefficient (Wildman–Crippen LogP) is 2.55. The number of thiazole rings is 1. The summed E-state index contributed by atoms with van der Waals surface area (Å²) in [5.41, 5.74) is 1.68. The summed E-state index contributed by atoms with van der Waals surface area (Å²) in [5, 5.41) is 1.76. The van der Waals surface area contributed by atoms with Crippen LogP contribution in [0, 0.1) is 12.7 Å². The van der Waals surface area contributed by atoms with E-state index in [1.807, 2.05) is 6.92 Å². The van der Waals surface area contributed by atoms with Gasteiger partial charge in [-0.1, -0.05) is 12.1 Å². The first-order valence-corrected chi connectivity index (χ1v) is 9.64. The Labute approximate surface area is 138 Å². The molecule has 1 heterocycles. The molecule has 1 amide bonds. The molecule has 1 aromatic heterocycles. The van der Waals surface area contributed by atoms with Crippen LogP contribution in [0.2, 0.25) is 0 Å². The molecule has 1 atom stereocenters. The van der Waals surface area contributed by atoms with Crippen molar-refractivity contribution in [1.82, 2.24) is 4.98 Å². The number of nitrogens with one attached hydrogen (secondary N) is 1. The average molecular weight is 356 g/mol. The standard InChI is InChI=1S/C15H17FN2O3S2/c1-9-13(8-11-4-6-12(16)7-5-11)22-15(17-9)18-14(19)10(2)23(3,20)21/h4-7,10H,8H2,1-3H3,(H,17,18,19)/t10-/m0/s1. The molecule has 0 saturated carbocycles. The maximum atomic E-state index is 12.9. The number of nitrogens with zero attached hydrogens (tertiary/aromatic N) is 1. The van der Waals surface area contributed by atoms with E-state index in [1.54, 1.807) is 12.1 Å². The van der Waals surface area contributed by atoms with Gasteiger partial charge in [0.1, 0.15) is 11.1 Å². The van der Waals surface area contributed by atoms with Crippen molar-refractivity contribution in [2.75, 3.05) is 11.6 Å². The lowest BCUT2D eigenvalue weighted by molar-refractivity contribution is -0.115. The zero-order valence-corrected chi connectivity index (χ0v) is 14.6. The van der Waals surface area contributed by atoms with Gasteiger partial charge in [-0.2, -0.15) is 0 Å². The highest BCUT2D eigenvalue weighted by atomic mass is 32.2. The van der Waals surface area contributed by atoms with E-state index >= 15 is 0 Å². The van der Waals surface area contributed by atoms with Crippen molar-refractivity contribution in [1.29, 1.82) is 0 Å². The summed E-state index contributed by atoms with van der Waals surface area (Å²) < 4.78 is 35.7. The summed E-state index contributed by atoms with van der Waals surface area (Å²) in [4.78, 5) is 17.1. The zero-order valence-electron chi connectivity index (χ0n) is 13.0. The number of hydrogen-bond donors (Lipinski definition) is 1. The topological polar surface area (TPSA) is 76.1 Å². The smallest absolute Gasteiger partial charge is 0.244 e. The minimum atomic E-state index is -3.45. The zero-order chi connectivity index (χ0) is 17.2. The van der Waals surface area contributed by atoms with Crippen molar-refractivity contribution < 1.29 is 17.6 Å². The molecule has 0 radical (unpaired) electrons. The van der Waals surface area contributed by atoms with Gasteiger partial charge in [0.15, 0.2) is 15.0 Å². The first-order valence-electron chi connectivity index (χ1n) is 6.87. The molecule has 2 rings (SSSR count). The van der Waals surface area contributed by atoms with Gasteiger partial charge in [-0.3, -0.25) is 4.79 Å². The number of hydrogen-bond acceptors (Lipinski definition) is 5. The summed E-state index contributed by atoms with van der Waals surface area (Å²) in [6.45, 7) is 3.15. The Morgan fingerprint density at radius 1 is 1.35 bits per heavy atom. The molecule has 1 aromatic carbocycles. The Kier molecular flexibility index (Phi) is 5.16. The second kappa shape index (κ2) is 6.76. The molecule has 0 fully saturated rings. The van der Waals surface area contributed by atoms with Crippen molar-refractivity contribution in [2.45, 2.75) is 25.5 Å².